The fourth-order valence-electron chi connectivity index (χ4n) is 3.39. The number of likely N-dealkylation sites (tertiary alicyclic amines) is 1. The van der Waals surface area contributed by atoms with Crippen molar-refractivity contribution in [2.24, 2.45) is 16.8 Å². The van der Waals surface area contributed by atoms with Gasteiger partial charge in [0.15, 0.2) is 5.96 Å². The van der Waals surface area contributed by atoms with Gasteiger partial charge in [-0.05, 0) is 18.1 Å². The van der Waals surface area contributed by atoms with Crippen LogP contribution in [0.25, 0.3) is 11.0 Å². The summed E-state index contributed by atoms with van der Waals surface area (Å²) in [6.45, 7) is 4.23. The predicted molar refractivity (Wildman–Crippen MR) is 97.5 cm³/mol. The monoisotopic (exact) mass is 343 g/mol. The second kappa shape index (κ2) is 7.59. The Labute approximate surface area is 147 Å². The number of ether oxygens (including phenoxy) is 1. The van der Waals surface area contributed by atoms with E-state index in [2.05, 4.69) is 28.2 Å². The first-order valence-corrected chi connectivity index (χ1v) is 8.63. The number of guanidine groups is 1. The van der Waals surface area contributed by atoms with Crippen molar-refractivity contribution in [1.82, 2.24) is 10.2 Å². The molecule has 1 fully saturated rings. The summed E-state index contributed by atoms with van der Waals surface area (Å²) in [5, 5.41) is 4.49. The summed E-state index contributed by atoms with van der Waals surface area (Å²) in [6.07, 6.45) is 0.775. The van der Waals surface area contributed by atoms with Crippen LogP contribution in [0.15, 0.2) is 39.7 Å². The van der Waals surface area contributed by atoms with Gasteiger partial charge in [0.05, 0.1) is 13.0 Å². The van der Waals surface area contributed by atoms with Crippen LogP contribution in [0.2, 0.25) is 0 Å². The molecule has 1 aromatic heterocycles. The number of methoxy groups -OCH3 is 1. The zero-order valence-electron chi connectivity index (χ0n) is 15.0. The molecule has 3 rings (SSSR count). The average molecular weight is 343 g/mol. The number of rotatable bonds is 4. The van der Waals surface area contributed by atoms with E-state index in [1.807, 2.05) is 24.3 Å². The van der Waals surface area contributed by atoms with Crippen LogP contribution in [0.4, 0.5) is 0 Å². The summed E-state index contributed by atoms with van der Waals surface area (Å²) in [5.41, 5.74) is 0.913. The molecule has 2 atom stereocenters. The third-order valence-corrected chi connectivity index (χ3v) is 4.76. The van der Waals surface area contributed by atoms with Crippen molar-refractivity contribution >= 4 is 22.9 Å². The smallest absolute Gasteiger partial charge is 0.310 e. The molecule has 1 aliphatic rings. The van der Waals surface area contributed by atoms with E-state index in [1.54, 1.807) is 7.05 Å². The highest BCUT2D eigenvalue weighted by atomic mass is 16.5. The molecule has 25 heavy (non-hydrogen) atoms. The maximum absolute atomic E-state index is 11.8. The van der Waals surface area contributed by atoms with E-state index in [0.29, 0.717) is 6.54 Å². The standard InChI is InChI=1S/C19H25N3O3/c1-13-11-22(12-16(13)18(23)24-3)19(20-2)21-9-8-15-10-14-6-4-5-7-17(14)25-15/h4-7,10,13,16H,8-9,11-12H2,1-3H3,(H,20,21). The molecule has 0 radical (unpaired) electrons. The van der Waals surface area contributed by atoms with Crippen molar-refractivity contribution in [3.63, 3.8) is 0 Å². The molecule has 2 heterocycles. The van der Waals surface area contributed by atoms with E-state index in [-0.39, 0.29) is 17.8 Å². The fourth-order valence-corrected chi connectivity index (χ4v) is 3.39. The first-order chi connectivity index (χ1) is 12.1. The van der Waals surface area contributed by atoms with E-state index in [4.69, 9.17) is 9.15 Å². The van der Waals surface area contributed by atoms with Crippen molar-refractivity contribution in [3.8, 4) is 0 Å². The molecule has 2 unspecified atom stereocenters. The third-order valence-electron chi connectivity index (χ3n) is 4.76. The molecule has 1 saturated heterocycles. The number of carbonyl (C=O) groups excluding carboxylic acids is 1. The molecular formula is C19H25N3O3. The van der Waals surface area contributed by atoms with Crippen molar-refractivity contribution in [2.45, 2.75) is 13.3 Å². The first-order valence-electron chi connectivity index (χ1n) is 8.63. The number of para-hydroxylation sites is 1. The highest BCUT2D eigenvalue weighted by molar-refractivity contribution is 5.82. The zero-order chi connectivity index (χ0) is 17.8. The lowest BCUT2D eigenvalue weighted by molar-refractivity contribution is -0.145. The molecule has 0 spiro atoms. The Morgan fingerprint density at radius 2 is 2.20 bits per heavy atom. The van der Waals surface area contributed by atoms with Crippen LogP contribution in [0, 0.1) is 11.8 Å². The van der Waals surface area contributed by atoms with Crippen LogP contribution >= 0.6 is 0 Å². The molecule has 6 heteroatoms. The number of benzene rings is 1. The van der Waals surface area contributed by atoms with Crippen LogP contribution in [0.3, 0.4) is 0 Å². The van der Waals surface area contributed by atoms with Crippen molar-refractivity contribution in [2.75, 3.05) is 33.8 Å². The Morgan fingerprint density at radius 3 is 2.92 bits per heavy atom. The minimum absolute atomic E-state index is 0.0982. The van der Waals surface area contributed by atoms with Gasteiger partial charge in [-0.1, -0.05) is 25.1 Å². The summed E-state index contributed by atoms with van der Waals surface area (Å²) in [4.78, 5) is 18.3. The average Bonchev–Trinajstić information content (AvgIpc) is 3.21. The van der Waals surface area contributed by atoms with Gasteiger partial charge >= 0.3 is 5.97 Å². The van der Waals surface area contributed by atoms with Crippen LogP contribution in [0.5, 0.6) is 0 Å². The van der Waals surface area contributed by atoms with Gasteiger partial charge in [-0.15, -0.1) is 0 Å². The number of hydrogen-bond acceptors (Lipinski definition) is 4. The number of nitrogens with one attached hydrogen (secondary N) is 1. The fraction of sp³-hybridized carbons (Fsp3) is 0.474. The minimum atomic E-state index is -0.146. The van der Waals surface area contributed by atoms with E-state index < -0.39 is 0 Å². The molecule has 0 amide bonds. The quantitative estimate of drug-likeness (QED) is 0.524. The summed E-state index contributed by atoms with van der Waals surface area (Å²) in [5.74, 6) is 1.77. The molecule has 0 saturated carbocycles. The summed E-state index contributed by atoms with van der Waals surface area (Å²) >= 11 is 0. The van der Waals surface area contributed by atoms with Gasteiger partial charge in [0.2, 0.25) is 0 Å². The molecule has 2 aromatic rings. The van der Waals surface area contributed by atoms with Crippen LogP contribution in [0.1, 0.15) is 12.7 Å². The van der Waals surface area contributed by atoms with Gasteiger partial charge < -0.3 is 19.4 Å². The van der Waals surface area contributed by atoms with E-state index in [9.17, 15) is 4.79 Å². The Balaban J connectivity index is 1.55. The summed E-state index contributed by atoms with van der Waals surface area (Å²) in [7, 11) is 3.21. The van der Waals surface area contributed by atoms with Crippen LogP contribution < -0.4 is 5.32 Å². The minimum Gasteiger partial charge on any atom is -0.469 e. The summed E-state index contributed by atoms with van der Waals surface area (Å²) in [6, 6.07) is 10.1. The molecular weight excluding hydrogens is 318 g/mol. The molecule has 1 aromatic carbocycles. The highest BCUT2D eigenvalue weighted by Gasteiger charge is 2.36. The van der Waals surface area contributed by atoms with E-state index >= 15 is 0 Å². The number of esters is 1. The lowest BCUT2D eigenvalue weighted by atomic mass is 9.99. The van der Waals surface area contributed by atoms with Gasteiger partial charge in [-0.3, -0.25) is 9.79 Å². The number of aliphatic imine (C=N–C) groups is 1. The van der Waals surface area contributed by atoms with Gasteiger partial charge in [0.1, 0.15) is 11.3 Å². The van der Waals surface area contributed by atoms with Crippen LogP contribution in [-0.2, 0) is 16.0 Å². The van der Waals surface area contributed by atoms with Gasteiger partial charge in [-0.2, -0.15) is 0 Å². The summed E-state index contributed by atoms with van der Waals surface area (Å²) < 4.78 is 10.7. The number of furan rings is 1. The molecule has 0 bridgehead atoms. The highest BCUT2D eigenvalue weighted by Crippen LogP contribution is 2.24. The molecule has 0 aliphatic carbocycles. The van der Waals surface area contributed by atoms with Crippen molar-refractivity contribution < 1.29 is 13.9 Å². The Hall–Kier alpha value is -2.50. The Morgan fingerprint density at radius 1 is 1.40 bits per heavy atom. The van der Waals surface area contributed by atoms with Crippen LogP contribution in [-0.4, -0.2) is 50.6 Å². The number of carbonyl (C=O) groups is 1. The second-order valence-electron chi connectivity index (χ2n) is 6.49. The second-order valence-corrected chi connectivity index (χ2v) is 6.49. The van der Waals surface area contributed by atoms with Gasteiger partial charge in [0, 0.05) is 38.5 Å². The largest absolute Gasteiger partial charge is 0.469 e. The SMILES string of the molecule is CN=C(NCCc1cc2ccccc2o1)N1CC(C)C(C(=O)OC)C1. The lowest BCUT2D eigenvalue weighted by Crippen LogP contribution is -2.41. The van der Waals surface area contributed by atoms with Gasteiger partial charge in [-0.25, -0.2) is 0 Å². The van der Waals surface area contributed by atoms with Gasteiger partial charge in [0.25, 0.3) is 0 Å². The maximum Gasteiger partial charge on any atom is 0.310 e. The predicted octanol–water partition coefficient (Wildman–Crippen LogP) is 2.29. The Bertz CT molecular complexity index is 735. The lowest BCUT2D eigenvalue weighted by Gasteiger charge is -2.21. The normalized spacial score (nSPS) is 20.9. The van der Waals surface area contributed by atoms with Crippen molar-refractivity contribution in [1.29, 1.82) is 0 Å². The first kappa shape index (κ1) is 17.3. The van der Waals surface area contributed by atoms with E-state index in [0.717, 1.165) is 42.2 Å². The Kier molecular flexibility index (Phi) is 5.26. The molecule has 134 valence electrons. The van der Waals surface area contributed by atoms with Crippen molar-refractivity contribution in [3.05, 3.63) is 36.1 Å². The zero-order valence-corrected chi connectivity index (χ0v) is 15.0. The maximum atomic E-state index is 11.8. The molecule has 1 aliphatic heterocycles. The number of nitrogens with zero attached hydrogens (tertiary/aromatic N) is 2. The molecule has 6 nitrogen and oxygen atoms in total. The molecule has 1 N–H and O–H groups in total. The third kappa shape index (κ3) is 3.78. The van der Waals surface area contributed by atoms with E-state index in [1.165, 1.54) is 7.11 Å². The number of fused-ring (bicyclic) bond motifs is 1. The number of hydrogen-bond donors (Lipinski definition) is 1. The topological polar surface area (TPSA) is 67.1 Å².